The second-order valence-corrected chi connectivity index (χ2v) is 6.32. The maximum absolute atomic E-state index is 8.67. The van der Waals surface area contributed by atoms with Gasteiger partial charge in [0, 0.05) is 4.90 Å². The Kier molecular flexibility index (Phi) is 3.87. The second-order valence-electron chi connectivity index (χ2n) is 5.23. The molecule has 0 amide bonds. The average molecular weight is 269 g/mol. The van der Waals surface area contributed by atoms with Crippen molar-refractivity contribution >= 4 is 11.8 Å². The van der Waals surface area contributed by atoms with Crippen LogP contribution in [0.25, 0.3) is 0 Å². The minimum absolute atomic E-state index is 0.164. The van der Waals surface area contributed by atoms with Crippen LogP contribution in [-0.4, -0.2) is 9.97 Å². The van der Waals surface area contributed by atoms with E-state index in [-0.39, 0.29) is 5.41 Å². The lowest BCUT2D eigenvalue weighted by Gasteiger charge is -2.18. The Morgan fingerprint density at radius 1 is 1.05 bits per heavy atom. The van der Waals surface area contributed by atoms with Crippen LogP contribution in [0.5, 0.6) is 0 Å². The molecule has 0 fully saturated rings. The van der Waals surface area contributed by atoms with Gasteiger partial charge in [0.15, 0.2) is 5.69 Å². The Morgan fingerprint density at radius 2 is 1.74 bits per heavy atom. The zero-order chi connectivity index (χ0) is 13.9. The van der Waals surface area contributed by atoms with Crippen LogP contribution in [0.3, 0.4) is 0 Å². The molecule has 0 saturated carbocycles. The fraction of sp³-hybridized carbons (Fsp3) is 0.267. The van der Waals surface area contributed by atoms with Crippen molar-refractivity contribution in [3.63, 3.8) is 0 Å². The van der Waals surface area contributed by atoms with Crippen molar-refractivity contribution in [2.24, 2.45) is 0 Å². The lowest BCUT2D eigenvalue weighted by atomic mass is 9.87. The number of hydrogen-bond donors (Lipinski definition) is 0. The minimum atomic E-state index is 0.164. The van der Waals surface area contributed by atoms with E-state index in [2.05, 4.69) is 55.0 Å². The van der Waals surface area contributed by atoms with Gasteiger partial charge in [0.1, 0.15) is 11.1 Å². The highest BCUT2D eigenvalue weighted by molar-refractivity contribution is 7.99. The molecule has 0 bridgehead atoms. The van der Waals surface area contributed by atoms with Crippen LogP contribution in [0.1, 0.15) is 32.0 Å². The second kappa shape index (κ2) is 5.41. The van der Waals surface area contributed by atoms with Crippen molar-refractivity contribution in [2.45, 2.75) is 36.1 Å². The Labute approximate surface area is 117 Å². The summed E-state index contributed by atoms with van der Waals surface area (Å²) in [5, 5.41) is 9.46. The van der Waals surface area contributed by atoms with Gasteiger partial charge < -0.3 is 0 Å². The average Bonchev–Trinajstić information content (AvgIpc) is 2.39. The van der Waals surface area contributed by atoms with E-state index in [4.69, 9.17) is 5.26 Å². The van der Waals surface area contributed by atoms with Gasteiger partial charge in [-0.2, -0.15) is 5.26 Å². The molecule has 0 unspecified atom stereocenters. The van der Waals surface area contributed by atoms with Gasteiger partial charge in [0.25, 0.3) is 0 Å². The van der Waals surface area contributed by atoms with Gasteiger partial charge in [-0.05, 0) is 23.1 Å². The number of rotatable bonds is 2. The molecule has 0 spiro atoms. The smallest absolute Gasteiger partial charge is 0.158 e. The summed E-state index contributed by atoms with van der Waals surface area (Å²) < 4.78 is 0. The Morgan fingerprint density at radius 3 is 2.21 bits per heavy atom. The monoisotopic (exact) mass is 269 g/mol. The molecule has 0 radical (unpaired) electrons. The van der Waals surface area contributed by atoms with E-state index in [1.807, 2.05) is 6.07 Å². The van der Waals surface area contributed by atoms with Crippen LogP contribution >= 0.6 is 11.8 Å². The molecule has 4 heteroatoms. The molecule has 2 rings (SSSR count). The number of hydrogen-bond acceptors (Lipinski definition) is 4. The minimum Gasteiger partial charge on any atom is -0.245 e. The Hall–Kier alpha value is -1.86. The van der Waals surface area contributed by atoms with E-state index < -0.39 is 0 Å². The first-order valence-corrected chi connectivity index (χ1v) is 6.81. The van der Waals surface area contributed by atoms with Crippen molar-refractivity contribution < 1.29 is 0 Å². The molecule has 19 heavy (non-hydrogen) atoms. The van der Waals surface area contributed by atoms with E-state index in [1.54, 1.807) is 18.0 Å². The first-order chi connectivity index (χ1) is 8.99. The van der Waals surface area contributed by atoms with E-state index in [0.29, 0.717) is 5.69 Å². The molecule has 1 aromatic heterocycles. The maximum atomic E-state index is 8.67. The summed E-state index contributed by atoms with van der Waals surface area (Å²) in [6.45, 7) is 6.59. The van der Waals surface area contributed by atoms with Gasteiger partial charge in [0.2, 0.25) is 0 Å². The van der Waals surface area contributed by atoms with E-state index in [0.717, 1.165) is 9.92 Å². The van der Waals surface area contributed by atoms with Gasteiger partial charge >= 0.3 is 0 Å². The third kappa shape index (κ3) is 3.55. The SMILES string of the molecule is CC(C)(C)c1ccc(Sc2cnc(C#N)cn2)cc1. The van der Waals surface area contributed by atoms with Crippen LogP contribution in [0, 0.1) is 11.3 Å². The number of benzene rings is 1. The van der Waals surface area contributed by atoms with Crippen LogP contribution in [0.4, 0.5) is 0 Å². The topological polar surface area (TPSA) is 49.6 Å². The number of aromatic nitrogens is 2. The summed E-state index contributed by atoms with van der Waals surface area (Å²) in [5.74, 6) is 0. The third-order valence-corrected chi connectivity index (χ3v) is 3.61. The predicted molar refractivity (Wildman–Crippen MR) is 76.0 cm³/mol. The summed E-state index contributed by atoms with van der Waals surface area (Å²) in [4.78, 5) is 9.32. The fourth-order valence-electron chi connectivity index (χ4n) is 1.57. The molecule has 0 N–H and O–H groups in total. The van der Waals surface area contributed by atoms with Gasteiger partial charge in [-0.15, -0.1) is 0 Å². The molecule has 0 aliphatic heterocycles. The predicted octanol–water partition coefficient (Wildman–Crippen LogP) is 3.80. The molecular formula is C15H15N3S. The Bertz CT molecular complexity index is 589. The Balaban J connectivity index is 2.13. The lowest BCUT2D eigenvalue weighted by Crippen LogP contribution is -2.10. The van der Waals surface area contributed by atoms with Crippen molar-refractivity contribution in [2.75, 3.05) is 0 Å². The number of nitriles is 1. The van der Waals surface area contributed by atoms with E-state index >= 15 is 0 Å². The van der Waals surface area contributed by atoms with E-state index in [1.165, 1.54) is 11.8 Å². The molecule has 0 aliphatic rings. The summed E-state index contributed by atoms with van der Waals surface area (Å²) in [5.41, 5.74) is 1.81. The lowest BCUT2D eigenvalue weighted by molar-refractivity contribution is 0.590. The highest BCUT2D eigenvalue weighted by Gasteiger charge is 2.13. The van der Waals surface area contributed by atoms with Gasteiger partial charge in [0.05, 0.1) is 12.4 Å². The molecule has 0 saturated heterocycles. The van der Waals surface area contributed by atoms with Crippen molar-refractivity contribution in [1.82, 2.24) is 9.97 Å². The van der Waals surface area contributed by atoms with Crippen LogP contribution < -0.4 is 0 Å². The van der Waals surface area contributed by atoms with Crippen LogP contribution in [-0.2, 0) is 5.41 Å². The summed E-state index contributed by atoms with van der Waals surface area (Å²) >= 11 is 1.54. The van der Waals surface area contributed by atoms with Crippen molar-refractivity contribution in [3.8, 4) is 6.07 Å². The molecule has 2 aromatic rings. The van der Waals surface area contributed by atoms with Gasteiger partial charge in [-0.3, -0.25) is 0 Å². The molecule has 96 valence electrons. The van der Waals surface area contributed by atoms with E-state index in [9.17, 15) is 0 Å². The summed E-state index contributed by atoms with van der Waals surface area (Å²) in [7, 11) is 0. The van der Waals surface area contributed by atoms with Gasteiger partial charge in [-0.1, -0.05) is 44.7 Å². The molecular weight excluding hydrogens is 254 g/mol. The fourth-order valence-corrected chi connectivity index (χ4v) is 2.29. The molecule has 0 atom stereocenters. The maximum Gasteiger partial charge on any atom is 0.158 e. The third-order valence-electron chi connectivity index (χ3n) is 2.69. The van der Waals surface area contributed by atoms with Gasteiger partial charge in [-0.25, -0.2) is 9.97 Å². The normalized spacial score (nSPS) is 11.1. The highest BCUT2D eigenvalue weighted by Crippen LogP contribution is 2.28. The van der Waals surface area contributed by atoms with Crippen LogP contribution in [0.15, 0.2) is 46.6 Å². The first-order valence-electron chi connectivity index (χ1n) is 5.99. The van der Waals surface area contributed by atoms with Crippen LogP contribution in [0.2, 0.25) is 0 Å². The zero-order valence-electron chi connectivity index (χ0n) is 11.2. The quantitative estimate of drug-likeness (QED) is 0.832. The first kappa shape index (κ1) is 13.6. The summed E-state index contributed by atoms with van der Waals surface area (Å²) in [6, 6.07) is 10.4. The molecule has 1 heterocycles. The molecule has 1 aromatic carbocycles. The zero-order valence-corrected chi connectivity index (χ0v) is 12.0. The standard InChI is InChI=1S/C15H15N3S/c1-15(2,3)11-4-6-13(7-5-11)19-14-10-17-12(8-16)9-18-14/h4-7,9-10H,1-3H3. The van der Waals surface area contributed by atoms with Crippen molar-refractivity contribution in [3.05, 3.63) is 47.9 Å². The van der Waals surface area contributed by atoms with Crippen molar-refractivity contribution in [1.29, 1.82) is 5.26 Å². The molecule has 3 nitrogen and oxygen atoms in total. The largest absolute Gasteiger partial charge is 0.245 e. The molecule has 0 aliphatic carbocycles. The highest BCUT2D eigenvalue weighted by atomic mass is 32.2. The number of nitrogens with zero attached hydrogens (tertiary/aromatic N) is 3. The summed E-state index contributed by atoms with van der Waals surface area (Å²) in [6.07, 6.45) is 3.12.